The Hall–Kier alpha value is -1.71. The van der Waals surface area contributed by atoms with Crippen LogP contribution in [0.4, 0.5) is 4.39 Å². The third kappa shape index (κ3) is 8.12. The number of hydrogen-bond donors (Lipinski definition) is 2. The van der Waals surface area contributed by atoms with Crippen molar-refractivity contribution in [1.82, 2.24) is 15.5 Å². The van der Waals surface area contributed by atoms with E-state index in [1.54, 1.807) is 7.05 Å². The number of nitrogens with one attached hydrogen (secondary N) is 2. The first-order valence-corrected chi connectivity index (χ1v) is 11.5. The lowest BCUT2D eigenvalue weighted by Gasteiger charge is -2.29. The minimum absolute atomic E-state index is 0.118. The van der Waals surface area contributed by atoms with Crippen LogP contribution in [0.1, 0.15) is 18.1 Å². The second-order valence-electron chi connectivity index (χ2n) is 7.31. The molecule has 0 amide bonds. The molecular weight excluding hydrogens is 383 g/mol. The van der Waals surface area contributed by atoms with Gasteiger partial charge in [-0.25, -0.2) is 12.8 Å². The predicted octanol–water partition coefficient (Wildman–Crippen LogP) is 1.00. The molecule has 1 unspecified atom stereocenters. The fourth-order valence-electron chi connectivity index (χ4n) is 3.14. The van der Waals surface area contributed by atoms with Crippen molar-refractivity contribution in [2.24, 2.45) is 10.9 Å². The van der Waals surface area contributed by atoms with Gasteiger partial charge in [-0.1, -0.05) is 13.0 Å². The molecule has 0 aromatic heterocycles. The Balaban J connectivity index is 1.87. The van der Waals surface area contributed by atoms with Crippen molar-refractivity contribution in [2.45, 2.75) is 19.2 Å². The SMILES string of the molecule is CN=C(NCc1cc(F)ccc1CS(C)(=O)=O)NCC(C)CN1CCOCC1. The molecular formula is C19H31FN4O3S. The molecule has 1 aromatic carbocycles. The summed E-state index contributed by atoms with van der Waals surface area (Å²) in [6, 6.07) is 4.17. The van der Waals surface area contributed by atoms with Crippen LogP contribution in [-0.2, 0) is 26.9 Å². The van der Waals surface area contributed by atoms with Crippen LogP contribution in [0.25, 0.3) is 0 Å². The maximum absolute atomic E-state index is 13.6. The molecule has 1 saturated heterocycles. The highest BCUT2D eigenvalue weighted by atomic mass is 32.2. The summed E-state index contributed by atoms with van der Waals surface area (Å²) in [7, 11) is -1.53. The fraction of sp³-hybridized carbons (Fsp3) is 0.632. The van der Waals surface area contributed by atoms with Crippen molar-refractivity contribution in [1.29, 1.82) is 0 Å². The molecule has 1 heterocycles. The van der Waals surface area contributed by atoms with Crippen molar-refractivity contribution in [3.05, 3.63) is 35.1 Å². The van der Waals surface area contributed by atoms with Crippen LogP contribution in [-0.4, -0.2) is 72.0 Å². The van der Waals surface area contributed by atoms with Crippen LogP contribution in [0.5, 0.6) is 0 Å². The highest BCUT2D eigenvalue weighted by Crippen LogP contribution is 2.14. The van der Waals surface area contributed by atoms with Crippen molar-refractivity contribution in [3.8, 4) is 0 Å². The average molecular weight is 415 g/mol. The van der Waals surface area contributed by atoms with E-state index in [9.17, 15) is 12.8 Å². The average Bonchev–Trinajstić information content (AvgIpc) is 2.63. The van der Waals surface area contributed by atoms with Crippen LogP contribution in [0, 0.1) is 11.7 Å². The maximum atomic E-state index is 13.6. The lowest BCUT2D eigenvalue weighted by molar-refractivity contribution is 0.0320. The molecule has 28 heavy (non-hydrogen) atoms. The summed E-state index contributed by atoms with van der Waals surface area (Å²) >= 11 is 0. The van der Waals surface area contributed by atoms with Gasteiger partial charge in [0.15, 0.2) is 15.8 Å². The zero-order chi connectivity index (χ0) is 20.6. The molecule has 2 N–H and O–H groups in total. The van der Waals surface area contributed by atoms with E-state index in [0.29, 0.717) is 29.5 Å². The largest absolute Gasteiger partial charge is 0.379 e. The van der Waals surface area contributed by atoms with Crippen LogP contribution in [0.15, 0.2) is 23.2 Å². The molecule has 0 spiro atoms. The first-order valence-electron chi connectivity index (χ1n) is 9.46. The summed E-state index contributed by atoms with van der Waals surface area (Å²) in [6.07, 6.45) is 1.17. The van der Waals surface area contributed by atoms with Gasteiger partial charge in [0.25, 0.3) is 0 Å². The monoisotopic (exact) mass is 414 g/mol. The number of halogens is 1. The molecule has 0 saturated carbocycles. The van der Waals surface area contributed by atoms with Gasteiger partial charge < -0.3 is 15.4 Å². The molecule has 1 atom stereocenters. The van der Waals surface area contributed by atoms with E-state index in [2.05, 4.69) is 27.4 Å². The summed E-state index contributed by atoms with van der Waals surface area (Å²) in [5, 5.41) is 6.42. The van der Waals surface area contributed by atoms with E-state index in [-0.39, 0.29) is 5.75 Å². The summed E-state index contributed by atoms with van der Waals surface area (Å²) in [6.45, 7) is 7.68. The van der Waals surface area contributed by atoms with E-state index in [4.69, 9.17) is 4.74 Å². The molecule has 9 heteroatoms. The molecule has 1 aliphatic heterocycles. The Bertz CT molecular complexity index is 764. The van der Waals surface area contributed by atoms with Crippen molar-refractivity contribution < 1.29 is 17.5 Å². The van der Waals surface area contributed by atoms with Crippen molar-refractivity contribution >= 4 is 15.8 Å². The van der Waals surface area contributed by atoms with E-state index >= 15 is 0 Å². The predicted molar refractivity (Wildman–Crippen MR) is 110 cm³/mol. The second kappa shape index (κ2) is 10.7. The Morgan fingerprint density at radius 2 is 2.00 bits per heavy atom. The number of sulfone groups is 1. The van der Waals surface area contributed by atoms with Gasteiger partial charge in [-0.2, -0.15) is 0 Å². The van der Waals surface area contributed by atoms with Gasteiger partial charge >= 0.3 is 0 Å². The number of morpholine rings is 1. The first kappa shape index (κ1) is 22.6. The Kier molecular flexibility index (Phi) is 8.65. The van der Waals surface area contributed by atoms with E-state index in [0.717, 1.165) is 39.4 Å². The Labute approximate surface area is 167 Å². The second-order valence-corrected chi connectivity index (χ2v) is 9.45. The number of aliphatic imine (C=N–C) groups is 1. The smallest absolute Gasteiger partial charge is 0.191 e. The molecule has 158 valence electrons. The quantitative estimate of drug-likeness (QED) is 0.488. The number of benzene rings is 1. The summed E-state index contributed by atoms with van der Waals surface area (Å²) < 4.78 is 42.2. The van der Waals surface area contributed by atoms with Crippen molar-refractivity contribution in [3.63, 3.8) is 0 Å². The zero-order valence-corrected chi connectivity index (χ0v) is 17.7. The molecule has 1 fully saturated rings. The van der Waals surface area contributed by atoms with Crippen LogP contribution >= 0.6 is 0 Å². The normalized spacial score (nSPS) is 17.4. The topological polar surface area (TPSA) is 83.0 Å². The van der Waals surface area contributed by atoms with Gasteiger partial charge in [-0.15, -0.1) is 0 Å². The standard InChI is InChI=1S/C19H31FN4O3S/c1-15(13-24-6-8-27-9-7-24)11-22-19(21-2)23-12-17-10-18(20)5-4-16(17)14-28(3,25)26/h4-5,10,15H,6-9,11-14H2,1-3H3,(H2,21,22,23). The van der Waals surface area contributed by atoms with Gasteiger partial charge in [-0.3, -0.25) is 9.89 Å². The summed E-state index contributed by atoms with van der Waals surface area (Å²) in [5.74, 6) is 0.513. The van der Waals surface area contributed by atoms with Gasteiger partial charge in [0.05, 0.1) is 19.0 Å². The first-order chi connectivity index (χ1) is 13.3. The van der Waals surface area contributed by atoms with Crippen LogP contribution in [0.2, 0.25) is 0 Å². The minimum atomic E-state index is -3.20. The molecule has 0 bridgehead atoms. The van der Waals surface area contributed by atoms with E-state index in [1.807, 2.05) is 0 Å². The molecule has 0 aliphatic carbocycles. The Morgan fingerprint density at radius 3 is 2.64 bits per heavy atom. The molecule has 7 nitrogen and oxygen atoms in total. The number of hydrogen-bond acceptors (Lipinski definition) is 5. The highest BCUT2D eigenvalue weighted by Gasteiger charge is 2.14. The van der Waals surface area contributed by atoms with Gasteiger partial charge in [0, 0.05) is 46.0 Å². The zero-order valence-electron chi connectivity index (χ0n) is 16.9. The fourth-order valence-corrected chi connectivity index (χ4v) is 3.99. The van der Waals surface area contributed by atoms with Crippen LogP contribution < -0.4 is 10.6 Å². The highest BCUT2D eigenvalue weighted by molar-refractivity contribution is 7.89. The molecule has 2 rings (SSSR count). The third-order valence-electron chi connectivity index (χ3n) is 4.55. The van der Waals surface area contributed by atoms with Crippen molar-refractivity contribution in [2.75, 3.05) is 52.7 Å². The van der Waals surface area contributed by atoms with E-state index < -0.39 is 15.7 Å². The molecule has 1 aliphatic rings. The molecule has 0 radical (unpaired) electrons. The number of guanidine groups is 1. The minimum Gasteiger partial charge on any atom is -0.379 e. The Morgan fingerprint density at radius 1 is 1.29 bits per heavy atom. The molecule has 1 aromatic rings. The summed E-state index contributed by atoms with van der Waals surface area (Å²) in [4.78, 5) is 6.58. The number of nitrogens with zero attached hydrogens (tertiary/aromatic N) is 2. The summed E-state index contributed by atoms with van der Waals surface area (Å²) in [5.41, 5.74) is 1.20. The lowest BCUT2D eigenvalue weighted by Crippen LogP contribution is -2.43. The van der Waals surface area contributed by atoms with E-state index in [1.165, 1.54) is 24.5 Å². The van der Waals surface area contributed by atoms with Gasteiger partial charge in [0.1, 0.15) is 5.82 Å². The third-order valence-corrected chi connectivity index (χ3v) is 5.38. The van der Waals surface area contributed by atoms with Gasteiger partial charge in [-0.05, 0) is 29.2 Å². The number of rotatable bonds is 8. The van der Waals surface area contributed by atoms with Gasteiger partial charge in [0.2, 0.25) is 0 Å². The lowest BCUT2D eigenvalue weighted by atomic mass is 10.1. The number of ether oxygens (including phenoxy) is 1. The maximum Gasteiger partial charge on any atom is 0.191 e. The van der Waals surface area contributed by atoms with Crippen LogP contribution in [0.3, 0.4) is 0 Å².